The van der Waals surface area contributed by atoms with Gasteiger partial charge in [0.15, 0.2) is 0 Å². The Labute approximate surface area is 150 Å². The summed E-state index contributed by atoms with van der Waals surface area (Å²) >= 11 is 0. The number of methoxy groups -OCH3 is 1. The molecule has 136 valence electrons. The molecule has 0 aliphatic carbocycles. The van der Waals surface area contributed by atoms with Crippen LogP contribution in [0.2, 0.25) is 0 Å². The molecule has 1 N–H and O–H groups in total. The zero-order chi connectivity index (χ0) is 19.3. The lowest BCUT2D eigenvalue weighted by Crippen LogP contribution is -2.23. The number of halogens is 2. The molecule has 2 rings (SSSR count). The Kier molecular flexibility index (Phi) is 6.16. The Morgan fingerprint density at radius 2 is 1.58 bits per heavy atom. The molecule has 0 saturated heterocycles. The fourth-order valence-electron chi connectivity index (χ4n) is 2.56. The van der Waals surface area contributed by atoms with Crippen LogP contribution in [0.1, 0.15) is 18.5 Å². The first kappa shape index (κ1) is 19.2. The molecule has 0 amide bonds. The normalized spacial score (nSPS) is 12.8. The number of carbonyl (C=O) groups excluding carboxylic acids is 1. The maximum absolute atomic E-state index is 13.2. The van der Waals surface area contributed by atoms with Gasteiger partial charge < -0.3 is 9.64 Å². The summed E-state index contributed by atoms with van der Waals surface area (Å²) in [4.78, 5) is 14.1. The zero-order valence-corrected chi connectivity index (χ0v) is 14.7. The van der Waals surface area contributed by atoms with Crippen LogP contribution in [0.5, 0.6) is 0 Å². The molecule has 5 nitrogen and oxygen atoms in total. The van der Waals surface area contributed by atoms with E-state index in [-0.39, 0.29) is 11.4 Å². The van der Waals surface area contributed by atoms with Crippen molar-refractivity contribution in [1.29, 1.82) is 5.53 Å². The van der Waals surface area contributed by atoms with E-state index < -0.39 is 17.8 Å². The summed E-state index contributed by atoms with van der Waals surface area (Å²) in [5, 5.41) is 3.55. The van der Waals surface area contributed by atoms with Crippen molar-refractivity contribution in [3.63, 3.8) is 0 Å². The fraction of sp³-hybridized carbons (Fsp3) is 0.211. The maximum atomic E-state index is 13.2. The second kappa shape index (κ2) is 8.33. The van der Waals surface area contributed by atoms with Gasteiger partial charge in [0.25, 0.3) is 0 Å². The number of allylic oxidation sites excluding steroid dienone is 1. The summed E-state index contributed by atoms with van der Waals surface area (Å²) in [6.07, 6.45) is 0. The first-order valence-corrected chi connectivity index (χ1v) is 7.79. The van der Waals surface area contributed by atoms with Crippen molar-refractivity contribution >= 4 is 11.7 Å². The molecule has 2 aromatic carbocycles. The standard InChI is InChI=1S/C19H19F2N3O2/c1-12(24(2)16-10-8-15(21)9-11-16)17(19(25)26-3)18(23-22)13-4-6-14(20)7-5-13/h4-11,18,22H,1-3H3/b17-12+,23-22?. The molecular formula is C19H19F2N3O2. The van der Waals surface area contributed by atoms with Crippen LogP contribution in [0.15, 0.2) is 64.9 Å². The van der Waals surface area contributed by atoms with Gasteiger partial charge in [0.05, 0.1) is 12.7 Å². The van der Waals surface area contributed by atoms with Crippen LogP contribution < -0.4 is 4.90 Å². The largest absolute Gasteiger partial charge is 0.466 e. The van der Waals surface area contributed by atoms with Crippen LogP contribution in [0, 0.1) is 17.2 Å². The van der Waals surface area contributed by atoms with Crippen LogP contribution in [-0.4, -0.2) is 20.1 Å². The van der Waals surface area contributed by atoms with Gasteiger partial charge in [-0.15, -0.1) is 0 Å². The van der Waals surface area contributed by atoms with Crippen molar-refractivity contribution < 1.29 is 18.3 Å². The van der Waals surface area contributed by atoms with E-state index in [1.165, 1.54) is 43.5 Å². The summed E-state index contributed by atoms with van der Waals surface area (Å²) in [6, 6.07) is 10.2. The third kappa shape index (κ3) is 4.11. The Hall–Kier alpha value is -3.09. The molecule has 1 atom stereocenters. The van der Waals surface area contributed by atoms with Gasteiger partial charge in [-0.2, -0.15) is 5.11 Å². The van der Waals surface area contributed by atoms with Crippen molar-refractivity contribution in [2.75, 3.05) is 19.1 Å². The van der Waals surface area contributed by atoms with E-state index in [1.54, 1.807) is 31.0 Å². The topological polar surface area (TPSA) is 65.8 Å². The van der Waals surface area contributed by atoms with E-state index in [9.17, 15) is 13.6 Å². The number of hydrogen-bond acceptors (Lipinski definition) is 5. The molecule has 0 bridgehead atoms. The van der Waals surface area contributed by atoms with Crippen LogP contribution >= 0.6 is 0 Å². The van der Waals surface area contributed by atoms with E-state index >= 15 is 0 Å². The minimum Gasteiger partial charge on any atom is -0.466 e. The third-order valence-electron chi connectivity index (χ3n) is 4.10. The van der Waals surface area contributed by atoms with Crippen LogP contribution in [-0.2, 0) is 9.53 Å². The number of esters is 1. The summed E-state index contributed by atoms with van der Waals surface area (Å²) in [6.45, 7) is 1.68. The second-order valence-electron chi connectivity index (χ2n) is 5.61. The third-order valence-corrected chi connectivity index (χ3v) is 4.10. The molecule has 0 heterocycles. The average Bonchev–Trinajstić information content (AvgIpc) is 2.66. The highest BCUT2D eigenvalue weighted by molar-refractivity contribution is 5.91. The smallest absolute Gasteiger partial charge is 0.338 e. The van der Waals surface area contributed by atoms with Crippen molar-refractivity contribution in [2.45, 2.75) is 13.0 Å². The molecular weight excluding hydrogens is 340 g/mol. The monoisotopic (exact) mass is 359 g/mol. The van der Waals surface area contributed by atoms with E-state index in [2.05, 4.69) is 5.11 Å². The highest BCUT2D eigenvalue weighted by Gasteiger charge is 2.27. The quantitative estimate of drug-likeness (QED) is 0.465. The van der Waals surface area contributed by atoms with Gasteiger partial charge in [-0.1, -0.05) is 12.1 Å². The van der Waals surface area contributed by atoms with E-state index in [0.717, 1.165) is 0 Å². The SMILES string of the molecule is COC(=O)/C(=C(\C)N(C)c1ccc(F)cc1)C(N=N)c1ccc(F)cc1. The number of nitrogens with one attached hydrogen (secondary N) is 1. The van der Waals surface area contributed by atoms with Gasteiger partial charge in [-0.05, 0) is 48.9 Å². The summed E-state index contributed by atoms with van der Waals surface area (Å²) in [5.74, 6) is -1.45. The number of carbonyl (C=O) groups is 1. The van der Waals surface area contributed by atoms with Crippen LogP contribution in [0.3, 0.4) is 0 Å². The molecule has 0 radical (unpaired) electrons. The van der Waals surface area contributed by atoms with Gasteiger partial charge in [0.2, 0.25) is 0 Å². The van der Waals surface area contributed by atoms with Gasteiger partial charge >= 0.3 is 5.97 Å². The molecule has 0 fully saturated rings. The van der Waals surface area contributed by atoms with Gasteiger partial charge in [0.1, 0.15) is 17.7 Å². The van der Waals surface area contributed by atoms with Crippen LogP contribution in [0.4, 0.5) is 14.5 Å². The number of rotatable bonds is 6. The van der Waals surface area contributed by atoms with Crippen molar-refractivity contribution in [3.8, 4) is 0 Å². The molecule has 0 aromatic heterocycles. The lowest BCUT2D eigenvalue weighted by atomic mass is 9.97. The minimum absolute atomic E-state index is 0.140. The molecule has 0 spiro atoms. The summed E-state index contributed by atoms with van der Waals surface area (Å²) in [5.41, 5.74) is 9.28. The summed E-state index contributed by atoms with van der Waals surface area (Å²) < 4.78 is 31.2. The zero-order valence-electron chi connectivity index (χ0n) is 14.7. The lowest BCUT2D eigenvalue weighted by molar-refractivity contribution is -0.136. The lowest BCUT2D eigenvalue weighted by Gasteiger charge is -2.25. The van der Waals surface area contributed by atoms with Gasteiger partial charge in [-0.25, -0.2) is 19.1 Å². The highest BCUT2D eigenvalue weighted by Crippen LogP contribution is 2.31. The molecule has 0 aliphatic heterocycles. The van der Waals surface area contributed by atoms with E-state index in [4.69, 9.17) is 10.3 Å². The predicted octanol–water partition coefficient (Wildman–Crippen LogP) is 4.62. The molecule has 0 saturated carbocycles. The van der Waals surface area contributed by atoms with Crippen molar-refractivity contribution in [2.24, 2.45) is 5.11 Å². The number of anilines is 1. The molecule has 26 heavy (non-hydrogen) atoms. The molecule has 2 aromatic rings. The molecule has 7 heteroatoms. The Morgan fingerprint density at radius 1 is 1.08 bits per heavy atom. The second-order valence-corrected chi connectivity index (χ2v) is 5.61. The van der Waals surface area contributed by atoms with E-state index in [1.807, 2.05) is 0 Å². The molecule has 0 aliphatic rings. The Balaban J connectivity index is 2.54. The first-order valence-electron chi connectivity index (χ1n) is 7.79. The Morgan fingerprint density at radius 3 is 2.04 bits per heavy atom. The maximum Gasteiger partial charge on any atom is 0.338 e. The number of ether oxygens (including phenoxy) is 1. The predicted molar refractivity (Wildman–Crippen MR) is 93.8 cm³/mol. The fourth-order valence-corrected chi connectivity index (χ4v) is 2.56. The van der Waals surface area contributed by atoms with Crippen molar-refractivity contribution in [3.05, 3.63) is 77.0 Å². The average molecular weight is 359 g/mol. The van der Waals surface area contributed by atoms with Gasteiger partial charge in [-0.3, -0.25) is 0 Å². The first-order chi connectivity index (χ1) is 12.4. The Bertz CT molecular complexity index is 818. The summed E-state index contributed by atoms with van der Waals surface area (Å²) in [7, 11) is 2.94. The van der Waals surface area contributed by atoms with Gasteiger partial charge in [0, 0.05) is 18.4 Å². The van der Waals surface area contributed by atoms with Crippen LogP contribution in [0.25, 0.3) is 0 Å². The minimum atomic E-state index is -0.953. The molecule has 1 unspecified atom stereocenters. The van der Waals surface area contributed by atoms with Crippen molar-refractivity contribution in [1.82, 2.24) is 0 Å². The highest BCUT2D eigenvalue weighted by atomic mass is 19.1. The van der Waals surface area contributed by atoms with E-state index in [0.29, 0.717) is 16.9 Å². The number of nitrogens with zero attached hydrogens (tertiary/aromatic N) is 2. The number of benzene rings is 2. The number of hydrogen-bond donors (Lipinski definition) is 1.